The first-order valence-corrected chi connectivity index (χ1v) is 11.8. The Balaban J connectivity index is 1.28. The topological polar surface area (TPSA) is 56.1 Å². The highest BCUT2D eigenvalue weighted by Gasteiger charge is 2.11. The van der Waals surface area contributed by atoms with Crippen LogP contribution in [0, 0.1) is 0 Å². The molecule has 0 bridgehead atoms. The zero-order valence-corrected chi connectivity index (χ0v) is 19.6. The third-order valence-corrected chi connectivity index (χ3v) is 5.84. The Kier molecular flexibility index (Phi) is 8.12. The van der Waals surface area contributed by atoms with Gasteiger partial charge in [0.2, 0.25) is 5.91 Å². The SMILES string of the molecule is COc1ccc(Cn2c(CCCCCNC(=O)/C=C/c3ccccc3)nc3ccccc32)cc1. The van der Waals surface area contributed by atoms with Gasteiger partial charge in [-0.25, -0.2) is 4.98 Å². The predicted molar refractivity (Wildman–Crippen MR) is 138 cm³/mol. The van der Waals surface area contributed by atoms with E-state index < -0.39 is 0 Å². The fourth-order valence-electron chi connectivity index (χ4n) is 4.00. The van der Waals surface area contributed by atoms with E-state index in [2.05, 4.69) is 40.2 Å². The van der Waals surface area contributed by atoms with Crippen LogP contribution in [0.25, 0.3) is 17.1 Å². The summed E-state index contributed by atoms with van der Waals surface area (Å²) >= 11 is 0. The number of methoxy groups -OCH3 is 1. The van der Waals surface area contributed by atoms with Gasteiger partial charge < -0.3 is 14.6 Å². The molecule has 34 heavy (non-hydrogen) atoms. The van der Waals surface area contributed by atoms with E-state index in [-0.39, 0.29) is 5.91 Å². The highest BCUT2D eigenvalue weighted by molar-refractivity contribution is 5.91. The molecule has 0 aliphatic rings. The molecule has 1 amide bonds. The van der Waals surface area contributed by atoms with E-state index >= 15 is 0 Å². The van der Waals surface area contributed by atoms with Crippen molar-refractivity contribution in [3.63, 3.8) is 0 Å². The summed E-state index contributed by atoms with van der Waals surface area (Å²) in [7, 11) is 1.68. The van der Waals surface area contributed by atoms with Crippen molar-refractivity contribution in [3.8, 4) is 5.75 Å². The maximum absolute atomic E-state index is 12.0. The molecule has 0 aliphatic carbocycles. The van der Waals surface area contributed by atoms with Gasteiger partial charge in [0.1, 0.15) is 11.6 Å². The van der Waals surface area contributed by atoms with Crippen molar-refractivity contribution in [2.75, 3.05) is 13.7 Å². The number of rotatable bonds is 11. The number of benzene rings is 3. The number of para-hydroxylation sites is 2. The van der Waals surface area contributed by atoms with Crippen LogP contribution in [0.4, 0.5) is 0 Å². The molecule has 174 valence electrons. The molecule has 0 saturated carbocycles. The van der Waals surface area contributed by atoms with Gasteiger partial charge in [0.05, 0.1) is 18.1 Å². The number of aromatic nitrogens is 2. The summed E-state index contributed by atoms with van der Waals surface area (Å²) in [6, 6.07) is 26.3. The predicted octanol–water partition coefficient (Wildman–Crippen LogP) is 5.64. The summed E-state index contributed by atoms with van der Waals surface area (Å²) < 4.78 is 7.60. The number of imidazole rings is 1. The van der Waals surface area contributed by atoms with Crippen molar-refractivity contribution in [2.24, 2.45) is 0 Å². The molecular formula is C29H31N3O2. The van der Waals surface area contributed by atoms with Gasteiger partial charge in [0.15, 0.2) is 0 Å². The number of carbonyl (C=O) groups is 1. The van der Waals surface area contributed by atoms with E-state index in [1.807, 2.05) is 54.6 Å². The third kappa shape index (κ3) is 6.35. The summed E-state index contributed by atoms with van der Waals surface area (Å²) in [5.74, 6) is 1.92. The molecule has 5 heteroatoms. The number of aryl methyl sites for hydroxylation is 1. The highest BCUT2D eigenvalue weighted by atomic mass is 16.5. The minimum absolute atomic E-state index is 0.0508. The molecular weight excluding hydrogens is 422 g/mol. The molecule has 0 aliphatic heterocycles. The van der Waals surface area contributed by atoms with E-state index in [0.29, 0.717) is 6.54 Å². The van der Waals surface area contributed by atoms with Crippen molar-refractivity contribution in [2.45, 2.75) is 32.2 Å². The van der Waals surface area contributed by atoms with Gasteiger partial charge in [-0.05, 0) is 54.3 Å². The van der Waals surface area contributed by atoms with Crippen LogP contribution in [0.3, 0.4) is 0 Å². The fourth-order valence-corrected chi connectivity index (χ4v) is 4.00. The Bertz CT molecular complexity index is 1230. The van der Waals surface area contributed by atoms with Gasteiger partial charge in [-0.15, -0.1) is 0 Å². The molecule has 0 saturated heterocycles. The number of ether oxygens (including phenoxy) is 1. The average molecular weight is 454 g/mol. The van der Waals surface area contributed by atoms with Gasteiger partial charge in [0.25, 0.3) is 0 Å². The van der Waals surface area contributed by atoms with Gasteiger partial charge in [-0.1, -0.05) is 61.0 Å². The van der Waals surface area contributed by atoms with Crippen molar-refractivity contribution in [3.05, 3.63) is 102 Å². The number of fused-ring (bicyclic) bond motifs is 1. The van der Waals surface area contributed by atoms with Crippen LogP contribution in [0.15, 0.2) is 84.9 Å². The molecule has 1 N–H and O–H groups in total. The monoisotopic (exact) mass is 453 g/mol. The second-order valence-corrected chi connectivity index (χ2v) is 8.30. The number of amides is 1. The van der Waals surface area contributed by atoms with E-state index in [0.717, 1.165) is 60.4 Å². The number of hydrogen-bond donors (Lipinski definition) is 1. The zero-order valence-electron chi connectivity index (χ0n) is 19.6. The van der Waals surface area contributed by atoms with Crippen LogP contribution in [0.5, 0.6) is 5.75 Å². The molecule has 0 atom stereocenters. The molecule has 1 heterocycles. The maximum Gasteiger partial charge on any atom is 0.243 e. The first-order valence-electron chi connectivity index (χ1n) is 11.8. The smallest absolute Gasteiger partial charge is 0.243 e. The number of hydrogen-bond acceptors (Lipinski definition) is 3. The first-order chi connectivity index (χ1) is 16.7. The number of unbranched alkanes of at least 4 members (excludes halogenated alkanes) is 2. The summed E-state index contributed by atoms with van der Waals surface area (Å²) in [6.45, 7) is 1.46. The first kappa shape index (κ1) is 23.3. The van der Waals surface area contributed by atoms with Crippen molar-refractivity contribution in [1.29, 1.82) is 0 Å². The quantitative estimate of drug-likeness (QED) is 0.236. The van der Waals surface area contributed by atoms with Crippen LogP contribution in [-0.4, -0.2) is 29.1 Å². The summed E-state index contributed by atoms with van der Waals surface area (Å²) in [6.07, 6.45) is 7.35. The number of carbonyl (C=O) groups excluding carboxylic acids is 1. The van der Waals surface area contributed by atoms with Crippen LogP contribution in [0.2, 0.25) is 0 Å². The van der Waals surface area contributed by atoms with Gasteiger partial charge in [0, 0.05) is 25.6 Å². The lowest BCUT2D eigenvalue weighted by molar-refractivity contribution is -0.116. The Morgan fingerprint density at radius 2 is 1.71 bits per heavy atom. The molecule has 0 radical (unpaired) electrons. The molecule has 4 aromatic rings. The number of nitrogens with zero attached hydrogens (tertiary/aromatic N) is 2. The molecule has 5 nitrogen and oxygen atoms in total. The minimum Gasteiger partial charge on any atom is -0.497 e. The second-order valence-electron chi connectivity index (χ2n) is 8.30. The highest BCUT2D eigenvalue weighted by Crippen LogP contribution is 2.21. The van der Waals surface area contributed by atoms with Crippen LogP contribution >= 0.6 is 0 Å². The van der Waals surface area contributed by atoms with E-state index in [4.69, 9.17) is 9.72 Å². The Morgan fingerprint density at radius 1 is 0.941 bits per heavy atom. The molecule has 3 aromatic carbocycles. The van der Waals surface area contributed by atoms with Crippen molar-refractivity contribution < 1.29 is 9.53 Å². The van der Waals surface area contributed by atoms with Crippen molar-refractivity contribution in [1.82, 2.24) is 14.9 Å². The van der Waals surface area contributed by atoms with E-state index in [1.165, 1.54) is 5.56 Å². The van der Waals surface area contributed by atoms with Crippen LogP contribution < -0.4 is 10.1 Å². The van der Waals surface area contributed by atoms with Crippen LogP contribution in [-0.2, 0) is 17.8 Å². The molecule has 0 spiro atoms. The van der Waals surface area contributed by atoms with Gasteiger partial charge >= 0.3 is 0 Å². The lowest BCUT2D eigenvalue weighted by Crippen LogP contribution is -2.22. The fraction of sp³-hybridized carbons (Fsp3) is 0.241. The average Bonchev–Trinajstić information content (AvgIpc) is 3.23. The molecule has 0 fully saturated rings. The molecule has 0 unspecified atom stereocenters. The zero-order chi connectivity index (χ0) is 23.6. The van der Waals surface area contributed by atoms with E-state index in [1.54, 1.807) is 13.2 Å². The minimum atomic E-state index is -0.0508. The summed E-state index contributed by atoms with van der Waals surface area (Å²) in [4.78, 5) is 16.9. The Labute approximate surface area is 201 Å². The largest absolute Gasteiger partial charge is 0.497 e. The summed E-state index contributed by atoms with van der Waals surface area (Å²) in [5, 5.41) is 2.97. The second kappa shape index (κ2) is 11.8. The van der Waals surface area contributed by atoms with Gasteiger partial charge in [-0.2, -0.15) is 0 Å². The Hall–Kier alpha value is -3.86. The lowest BCUT2D eigenvalue weighted by Gasteiger charge is -2.10. The lowest BCUT2D eigenvalue weighted by atomic mass is 10.1. The van der Waals surface area contributed by atoms with E-state index in [9.17, 15) is 4.79 Å². The normalized spacial score (nSPS) is 11.2. The Morgan fingerprint density at radius 3 is 2.50 bits per heavy atom. The third-order valence-electron chi connectivity index (χ3n) is 5.84. The standard InChI is InChI=1S/C29H31N3O2/c1-34-25-18-15-24(16-19-25)22-32-27-13-8-7-12-26(27)31-28(32)14-6-3-9-21-30-29(33)20-17-23-10-4-2-5-11-23/h2,4-5,7-8,10-13,15-20H,3,6,9,14,21-22H2,1H3,(H,30,33)/b20-17+. The van der Waals surface area contributed by atoms with Crippen LogP contribution in [0.1, 0.15) is 36.2 Å². The van der Waals surface area contributed by atoms with Crippen molar-refractivity contribution >= 4 is 23.0 Å². The van der Waals surface area contributed by atoms with Gasteiger partial charge in [-0.3, -0.25) is 4.79 Å². The molecule has 1 aromatic heterocycles. The maximum atomic E-state index is 12.0. The molecule has 4 rings (SSSR count). The number of nitrogens with one attached hydrogen (secondary N) is 1. The summed E-state index contributed by atoms with van der Waals surface area (Å²) in [5.41, 5.74) is 4.43.